The number of aromatic amines is 1. The summed E-state index contributed by atoms with van der Waals surface area (Å²) in [6, 6.07) is 12.4. The number of hydrogen-bond acceptors (Lipinski definition) is 3. The van der Waals surface area contributed by atoms with Crippen LogP contribution in [0, 0.1) is 17.8 Å². The van der Waals surface area contributed by atoms with Crippen LogP contribution in [0.4, 0.5) is 4.79 Å². The molecule has 2 aromatic carbocycles. The van der Waals surface area contributed by atoms with Gasteiger partial charge in [-0.3, -0.25) is 4.90 Å². The van der Waals surface area contributed by atoms with E-state index in [0.717, 1.165) is 33.4 Å². The average Bonchev–Trinajstić information content (AvgIpc) is 3.29. The van der Waals surface area contributed by atoms with Gasteiger partial charge in [0, 0.05) is 10.0 Å². The van der Waals surface area contributed by atoms with Crippen LogP contribution >= 0.6 is 15.9 Å². The molecule has 1 N–H and O–H groups in total. The predicted molar refractivity (Wildman–Crippen MR) is 113 cm³/mol. The fourth-order valence-corrected chi connectivity index (χ4v) is 5.47. The lowest BCUT2D eigenvalue weighted by atomic mass is 9.68. The number of cyclic esters (lactones) is 1. The van der Waals surface area contributed by atoms with Crippen molar-refractivity contribution in [1.29, 1.82) is 0 Å². The highest BCUT2D eigenvalue weighted by Crippen LogP contribution is 2.58. The van der Waals surface area contributed by atoms with Gasteiger partial charge in [0.25, 0.3) is 0 Å². The second-order valence-corrected chi connectivity index (χ2v) is 9.39. The molecule has 1 amide bonds. The molecule has 3 aromatic rings. The largest absolute Gasteiger partial charge is 0.440 e. The first-order valence-electron chi connectivity index (χ1n) is 9.69. The van der Waals surface area contributed by atoms with E-state index < -0.39 is 11.1 Å². The van der Waals surface area contributed by atoms with Crippen molar-refractivity contribution < 1.29 is 9.53 Å². The number of hydrogen-bond donors (Lipinski definition) is 1. The Hall–Kier alpha value is -2.78. The standard InChI is InChI=1S/C23H18BrN3O2/c1-22(2)23-8-7-16(23)11-19(27(23)21(28)29-22)20-25-12-18(26-20)15-4-3-14-10-17(24)6-5-13(14)9-15/h3-6,9-10,12,16,19H,11H2,1-2H3,(H,25,26). The molecule has 1 aliphatic carbocycles. The second kappa shape index (κ2) is 5.43. The Labute approximate surface area is 176 Å². The molecule has 6 rings (SSSR count). The lowest BCUT2D eigenvalue weighted by Crippen LogP contribution is -2.58. The minimum absolute atomic E-state index is 0.126. The van der Waals surface area contributed by atoms with Crippen molar-refractivity contribution in [1.82, 2.24) is 14.9 Å². The Balaban J connectivity index is 1.37. The smallest absolute Gasteiger partial charge is 0.412 e. The lowest BCUT2D eigenvalue weighted by molar-refractivity contribution is 0.0330. The third-order valence-corrected chi connectivity index (χ3v) is 7.07. The molecule has 1 aromatic heterocycles. The molecule has 0 radical (unpaired) electrons. The van der Waals surface area contributed by atoms with Crippen LogP contribution in [0.5, 0.6) is 0 Å². The summed E-state index contributed by atoms with van der Waals surface area (Å²) < 4.78 is 6.74. The van der Waals surface area contributed by atoms with Crippen molar-refractivity contribution >= 4 is 32.8 Å². The predicted octanol–water partition coefficient (Wildman–Crippen LogP) is 5.04. The van der Waals surface area contributed by atoms with Crippen LogP contribution < -0.4 is 0 Å². The zero-order valence-electron chi connectivity index (χ0n) is 16.0. The zero-order valence-corrected chi connectivity index (χ0v) is 17.6. The number of amides is 1. The summed E-state index contributed by atoms with van der Waals surface area (Å²) in [5, 5.41) is 2.34. The number of nitrogens with zero attached hydrogens (tertiary/aromatic N) is 2. The second-order valence-electron chi connectivity index (χ2n) is 8.48. The summed E-state index contributed by atoms with van der Waals surface area (Å²) >= 11 is 3.52. The molecule has 29 heavy (non-hydrogen) atoms. The number of ether oxygens (including phenoxy) is 1. The molecule has 3 aliphatic rings. The van der Waals surface area contributed by atoms with Gasteiger partial charge in [-0.25, -0.2) is 9.78 Å². The van der Waals surface area contributed by atoms with E-state index in [9.17, 15) is 4.79 Å². The van der Waals surface area contributed by atoms with Crippen LogP contribution in [0.3, 0.4) is 0 Å². The maximum atomic E-state index is 12.7. The van der Waals surface area contributed by atoms with E-state index in [4.69, 9.17) is 4.74 Å². The number of carbonyl (C=O) groups is 1. The van der Waals surface area contributed by atoms with Crippen molar-refractivity contribution in [3.8, 4) is 23.1 Å². The molecule has 0 saturated carbocycles. The van der Waals surface area contributed by atoms with Gasteiger partial charge in [0.2, 0.25) is 0 Å². The Morgan fingerprint density at radius 3 is 2.83 bits per heavy atom. The highest BCUT2D eigenvalue weighted by atomic mass is 79.9. The van der Waals surface area contributed by atoms with Crippen LogP contribution in [0.25, 0.3) is 22.0 Å². The number of carbonyl (C=O) groups excluding carboxylic acids is 1. The Morgan fingerprint density at radius 1 is 1.24 bits per heavy atom. The van der Waals surface area contributed by atoms with Crippen molar-refractivity contribution in [2.45, 2.75) is 37.5 Å². The van der Waals surface area contributed by atoms with Crippen LogP contribution in [0.15, 0.2) is 47.1 Å². The molecule has 3 atom stereocenters. The van der Waals surface area contributed by atoms with Crippen molar-refractivity contribution in [2.24, 2.45) is 5.92 Å². The average molecular weight is 448 g/mol. The van der Waals surface area contributed by atoms with Gasteiger partial charge in [-0.05, 0) is 49.2 Å². The van der Waals surface area contributed by atoms with Gasteiger partial charge >= 0.3 is 6.09 Å². The molecule has 0 bridgehead atoms. The SMILES string of the molecule is CC1(C)OC(=O)N2C(c3ncc(-c4ccc5cc(Br)ccc5c4)[nH]3)CC3C#CC321. The number of halogens is 1. The molecular weight excluding hydrogens is 430 g/mol. The monoisotopic (exact) mass is 447 g/mol. The van der Waals surface area contributed by atoms with Crippen molar-refractivity contribution in [3.63, 3.8) is 0 Å². The molecule has 2 saturated heterocycles. The molecule has 6 heteroatoms. The van der Waals surface area contributed by atoms with Gasteiger partial charge in [0.1, 0.15) is 11.4 Å². The minimum Gasteiger partial charge on any atom is -0.440 e. The highest BCUT2D eigenvalue weighted by Gasteiger charge is 2.72. The lowest BCUT2D eigenvalue weighted by Gasteiger charge is -2.41. The fraction of sp³-hybridized carbons (Fsp3) is 0.304. The van der Waals surface area contributed by atoms with Gasteiger partial charge in [-0.2, -0.15) is 0 Å². The summed E-state index contributed by atoms with van der Waals surface area (Å²) in [5.41, 5.74) is 0.857. The molecule has 3 heterocycles. The van der Waals surface area contributed by atoms with Gasteiger partial charge in [-0.1, -0.05) is 46.0 Å². The number of H-pyrrole nitrogens is 1. The molecule has 2 aliphatic heterocycles. The molecule has 1 spiro atoms. The highest BCUT2D eigenvalue weighted by molar-refractivity contribution is 9.10. The topological polar surface area (TPSA) is 58.2 Å². The van der Waals surface area contributed by atoms with Crippen LogP contribution in [-0.2, 0) is 4.74 Å². The number of benzene rings is 2. The van der Waals surface area contributed by atoms with Crippen molar-refractivity contribution in [2.75, 3.05) is 0 Å². The first-order valence-corrected chi connectivity index (χ1v) is 10.5. The zero-order chi connectivity index (χ0) is 20.0. The minimum atomic E-state index is -0.614. The van der Waals surface area contributed by atoms with E-state index in [-0.39, 0.29) is 18.1 Å². The van der Waals surface area contributed by atoms with E-state index in [1.54, 1.807) is 0 Å². The number of imidazole rings is 1. The quantitative estimate of drug-likeness (QED) is 0.559. The maximum absolute atomic E-state index is 12.7. The van der Waals surface area contributed by atoms with E-state index in [1.807, 2.05) is 31.0 Å². The molecule has 2 fully saturated rings. The Morgan fingerprint density at radius 2 is 2.03 bits per heavy atom. The molecule has 3 unspecified atom stereocenters. The van der Waals surface area contributed by atoms with E-state index >= 15 is 0 Å². The third-order valence-electron chi connectivity index (χ3n) is 6.57. The van der Waals surface area contributed by atoms with E-state index in [2.05, 4.69) is 68.1 Å². The third kappa shape index (κ3) is 2.11. The summed E-state index contributed by atoms with van der Waals surface area (Å²) in [7, 11) is 0. The van der Waals surface area contributed by atoms with Crippen LogP contribution in [0.2, 0.25) is 0 Å². The summed E-state index contributed by atoms with van der Waals surface area (Å²) in [5.74, 6) is 7.40. The van der Waals surface area contributed by atoms with Gasteiger partial charge in [0.05, 0.1) is 23.9 Å². The van der Waals surface area contributed by atoms with Gasteiger partial charge in [-0.15, -0.1) is 0 Å². The van der Waals surface area contributed by atoms with Gasteiger partial charge < -0.3 is 9.72 Å². The van der Waals surface area contributed by atoms with Crippen LogP contribution in [-0.4, -0.2) is 32.1 Å². The van der Waals surface area contributed by atoms with E-state index in [0.29, 0.717) is 0 Å². The van der Waals surface area contributed by atoms with Gasteiger partial charge in [0.15, 0.2) is 5.54 Å². The maximum Gasteiger partial charge on any atom is 0.412 e. The van der Waals surface area contributed by atoms with E-state index in [1.165, 1.54) is 5.39 Å². The summed E-state index contributed by atoms with van der Waals surface area (Å²) in [6.07, 6.45) is 2.32. The normalized spacial score (nSPS) is 28.4. The summed E-state index contributed by atoms with van der Waals surface area (Å²) in [4.78, 5) is 22.6. The number of nitrogens with one attached hydrogen (secondary N) is 1. The number of aromatic nitrogens is 2. The fourth-order valence-electron chi connectivity index (χ4n) is 5.09. The molecular formula is C23H18BrN3O2. The molecule has 144 valence electrons. The Kier molecular flexibility index (Phi) is 3.20. The van der Waals surface area contributed by atoms with Crippen LogP contribution in [0.1, 0.15) is 32.1 Å². The number of rotatable bonds is 2. The first kappa shape index (κ1) is 17.1. The summed E-state index contributed by atoms with van der Waals surface area (Å²) in [6.45, 7) is 3.91. The first-order chi connectivity index (χ1) is 13.9. The van der Waals surface area contributed by atoms with Crippen molar-refractivity contribution in [3.05, 3.63) is 52.9 Å². The molecule has 5 nitrogen and oxygen atoms in total. The Bertz CT molecular complexity index is 1270. The number of fused-ring (bicyclic) bond motifs is 1.